The molecular weight excluding hydrogens is 375 g/mol. The lowest BCUT2D eigenvalue weighted by Gasteiger charge is -2.11. The molecule has 0 fully saturated rings. The number of rotatable bonds is 5. The summed E-state index contributed by atoms with van der Waals surface area (Å²) in [5.41, 5.74) is 0. The summed E-state index contributed by atoms with van der Waals surface area (Å²) in [6.45, 7) is 2.79. The molecule has 0 amide bonds. The minimum atomic E-state index is -3.36. The fourth-order valence-electron chi connectivity index (χ4n) is 1.84. The van der Waals surface area contributed by atoms with Crippen LogP contribution in [0.2, 0.25) is 5.02 Å². The van der Waals surface area contributed by atoms with Crippen molar-refractivity contribution in [1.82, 2.24) is 0 Å². The number of esters is 1. The Morgan fingerprint density at radius 2 is 1.92 bits per heavy atom. The molecule has 0 aliphatic carbocycles. The predicted octanol–water partition coefficient (Wildman–Crippen LogP) is 4.35. The molecule has 0 spiro atoms. The van der Waals surface area contributed by atoms with Crippen LogP contribution in [-0.2, 0) is 14.6 Å². The number of sulfone groups is 1. The highest BCUT2D eigenvalue weighted by Crippen LogP contribution is 2.39. The van der Waals surface area contributed by atoms with Crippen molar-refractivity contribution in [3.8, 4) is 5.75 Å². The maximum atomic E-state index is 13.5. The van der Waals surface area contributed by atoms with Crippen molar-refractivity contribution >= 4 is 39.2 Å². The van der Waals surface area contributed by atoms with E-state index >= 15 is 0 Å². The minimum absolute atomic E-state index is 0.0314. The average molecular weight is 389 g/mol. The van der Waals surface area contributed by atoms with E-state index in [4.69, 9.17) is 16.3 Å². The van der Waals surface area contributed by atoms with Crippen LogP contribution >= 0.6 is 23.4 Å². The molecule has 128 valence electrons. The molecule has 0 saturated heterocycles. The Labute approximate surface area is 148 Å². The lowest BCUT2D eigenvalue weighted by Crippen LogP contribution is -2.03. The Balaban J connectivity index is 2.38. The van der Waals surface area contributed by atoms with E-state index in [-0.39, 0.29) is 21.4 Å². The third kappa shape index (κ3) is 4.49. The van der Waals surface area contributed by atoms with Crippen LogP contribution in [0, 0.1) is 5.82 Å². The molecule has 0 N–H and O–H groups in total. The SMILES string of the molecule is CCS(=O)(=O)c1ccc(Sc2cc(F)ccc2OC(C)=O)c(Cl)c1. The van der Waals surface area contributed by atoms with Crippen LogP contribution in [-0.4, -0.2) is 20.1 Å². The standard InChI is InChI=1S/C16H14ClFO4S2/c1-3-24(20,21)12-5-7-15(13(17)9-12)23-16-8-11(18)4-6-14(16)22-10(2)19/h4-9H,3H2,1-2H3. The highest BCUT2D eigenvalue weighted by molar-refractivity contribution is 7.99. The van der Waals surface area contributed by atoms with Crippen LogP contribution < -0.4 is 4.74 Å². The van der Waals surface area contributed by atoms with Gasteiger partial charge in [-0.15, -0.1) is 0 Å². The maximum Gasteiger partial charge on any atom is 0.308 e. The van der Waals surface area contributed by atoms with Crippen LogP contribution in [0.4, 0.5) is 4.39 Å². The molecule has 8 heteroatoms. The number of carbonyl (C=O) groups is 1. The molecule has 0 aliphatic heterocycles. The van der Waals surface area contributed by atoms with E-state index in [2.05, 4.69) is 0 Å². The summed E-state index contributed by atoms with van der Waals surface area (Å²) in [6.07, 6.45) is 0. The molecule has 2 aromatic rings. The van der Waals surface area contributed by atoms with E-state index in [1.807, 2.05) is 0 Å². The number of benzene rings is 2. The van der Waals surface area contributed by atoms with Crippen LogP contribution in [0.25, 0.3) is 0 Å². The van der Waals surface area contributed by atoms with Gasteiger partial charge in [-0.2, -0.15) is 0 Å². The van der Waals surface area contributed by atoms with E-state index in [1.54, 1.807) is 6.92 Å². The molecule has 0 unspecified atom stereocenters. The van der Waals surface area contributed by atoms with E-state index in [0.717, 1.165) is 11.8 Å². The zero-order valence-corrected chi connectivity index (χ0v) is 15.3. The van der Waals surface area contributed by atoms with Crippen molar-refractivity contribution in [2.75, 3.05) is 5.75 Å². The smallest absolute Gasteiger partial charge is 0.308 e. The highest BCUT2D eigenvalue weighted by Gasteiger charge is 2.16. The summed E-state index contributed by atoms with van der Waals surface area (Å²) in [7, 11) is -3.36. The molecule has 4 nitrogen and oxygen atoms in total. The van der Waals surface area contributed by atoms with E-state index in [1.165, 1.54) is 43.3 Å². The molecule has 0 radical (unpaired) electrons. The Morgan fingerprint density at radius 3 is 2.50 bits per heavy atom. The second-order valence-corrected chi connectivity index (χ2v) is 8.55. The third-order valence-corrected chi connectivity index (χ3v) is 6.29. The van der Waals surface area contributed by atoms with Crippen LogP contribution in [0.15, 0.2) is 51.1 Å². The molecule has 0 atom stereocenters. The number of carbonyl (C=O) groups excluding carboxylic acids is 1. The number of hydrogen-bond donors (Lipinski definition) is 0. The normalized spacial score (nSPS) is 11.3. The number of halogens is 2. The van der Waals surface area contributed by atoms with Crippen LogP contribution in [0.5, 0.6) is 5.75 Å². The fourth-order valence-corrected chi connectivity index (χ4v) is 4.02. The van der Waals surface area contributed by atoms with Crippen LogP contribution in [0.3, 0.4) is 0 Å². The summed E-state index contributed by atoms with van der Waals surface area (Å²) >= 11 is 7.23. The molecule has 0 saturated carbocycles. The molecule has 2 rings (SSSR count). The first-order valence-electron chi connectivity index (χ1n) is 6.91. The van der Waals surface area contributed by atoms with Gasteiger partial charge in [0.2, 0.25) is 0 Å². The summed E-state index contributed by atoms with van der Waals surface area (Å²) in [5.74, 6) is -0.847. The van der Waals surface area contributed by atoms with Gasteiger partial charge in [0, 0.05) is 11.8 Å². The topological polar surface area (TPSA) is 60.4 Å². The van der Waals surface area contributed by atoms with Gasteiger partial charge in [-0.3, -0.25) is 4.79 Å². The molecule has 0 bridgehead atoms. The summed E-state index contributed by atoms with van der Waals surface area (Å²) in [4.78, 5) is 12.1. The highest BCUT2D eigenvalue weighted by atomic mass is 35.5. The Hall–Kier alpha value is -1.57. The Morgan fingerprint density at radius 1 is 1.21 bits per heavy atom. The van der Waals surface area contributed by atoms with Gasteiger partial charge in [0.25, 0.3) is 0 Å². The van der Waals surface area contributed by atoms with Crippen molar-refractivity contribution in [3.63, 3.8) is 0 Å². The molecule has 0 aliphatic rings. The second-order valence-electron chi connectivity index (χ2n) is 4.78. The van der Waals surface area contributed by atoms with Gasteiger partial charge in [0.1, 0.15) is 11.6 Å². The summed E-state index contributed by atoms with van der Waals surface area (Å²) in [5, 5.41) is 0.215. The fraction of sp³-hybridized carbons (Fsp3) is 0.188. The van der Waals surface area contributed by atoms with Gasteiger partial charge in [-0.1, -0.05) is 30.3 Å². The predicted molar refractivity (Wildman–Crippen MR) is 91.0 cm³/mol. The zero-order valence-electron chi connectivity index (χ0n) is 12.9. The average Bonchev–Trinajstić information content (AvgIpc) is 2.51. The van der Waals surface area contributed by atoms with Gasteiger partial charge in [-0.05, 0) is 36.4 Å². The number of hydrogen-bond acceptors (Lipinski definition) is 5. The largest absolute Gasteiger partial charge is 0.426 e. The van der Waals surface area contributed by atoms with Crippen molar-refractivity contribution < 1.29 is 22.3 Å². The third-order valence-electron chi connectivity index (χ3n) is 3.02. The van der Waals surface area contributed by atoms with Crippen LogP contribution in [0.1, 0.15) is 13.8 Å². The first kappa shape index (κ1) is 18.8. The van der Waals surface area contributed by atoms with Gasteiger partial charge in [0.15, 0.2) is 9.84 Å². The van der Waals surface area contributed by atoms with Crippen molar-refractivity contribution in [3.05, 3.63) is 47.2 Å². The quantitative estimate of drug-likeness (QED) is 0.563. The van der Waals surface area contributed by atoms with E-state index < -0.39 is 21.6 Å². The number of ether oxygens (including phenoxy) is 1. The lowest BCUT2D eigenvalue weighted by atomic mass is 10.3. The maximum absolute atomic E-state index is 13.5. The van der Waals surface area contributed by atoms with Crippen molar-refractivity contribution in [2.24, 2.45) is 0 Å². The summed E-state index contributed by atoms with van der Waals surface area (Å²) in [6, 6.07) is 8.09. The van der Waals surface area contributed by atoms with E-state index in [9.17, 15) is 17.6 Å². The Bertz CT molecular complexity index is 882. The molecule has 0 heterocycles. The Kier molecular flexibility index (Phi) is 5.90. The van der Waals surface area contributed by atoms with Crippen molar-refractivity contribution in [1.29, 1.82) is 0 Å². The summed E-state index contributed by atoms with van der Waals surface area (Å²) < 4.78 is 42.3. The van der Waals surface area contributed by atoms with Gasteiger partial charge in [-0.25, -0.2) is 12.8 Å². The zero-order chi connectivity index (χ0) is 17.9. The van der Waals surface area contributed by atoms with Gasteiger partial charge < -0.3 is 4.74 Å². The molecule has 2 aromatic carbocycles. The first-order chi connectivity index (χ1) is 11.2. The van der Waals surface area contributed by atoms with E-state index in [0.29, 0.717) is 9.79 Å². The minimum Gasteiger partial charge on any atom is -0.426 e. The monoisotopic (exact) mass is 388 g/mol. The molecular formula is C16H14ClFO4S2. The van der Waals surface area contributed by atoms with Gasteiger partial charge in [0.05, 0.1) is 20.6 Å². The molecule has 0 aromatic heterocycles. The van der Waals surface area contributed by atoms with Crippen molar-refractivity contribution in [2.45, 2.75) is 28.5 Å². The first-order valence-corrected chi connectivity index (χ1v) is 9.75. The molecule has 24 heavy (non-hydrogen) atoms. The van der Waals surface area contributed by atoms with Gasteiger partial charge >= 0.3 is 5.97 Å². The second kappa shape index (κ2) is 7.55. The lowest BCUT2D eigenvalue weighted by molar-refractivity contribution is -0.132.